The van der Waals surface area contributed by atoms with E-state index in [1.165, 1.54) is 12.8 Å². The maximum Gasteiger partial charge on any atom is 0.193 e. The molecule has 1 saturated carbocycles. The molecule has 0 aliphatic heterocycles. The van der Waals surface area contributed by atoms with Crippen molar-refractivity contribution in [3.63, 3.8) is 0 Å². The molecular weight excluding hydrogens is 381 g/mol. The topological polar surface area (TPSA) is 68.9 Å². The van der Waals surface area contributed by atoms with Crippen molar-refractivity contribution < 1.29 is 9.47 Å². The number of hydrogen-bond acceptors (Lipinski definition) is 3. The predicted molar refractivity (Wildman–Crippen MR) is 96.7 cm³/mol. The Kier molecular flexibility index (Phi) is 8.44. The van der Waals surface area contributed by atoms with Gasteiger partial charge >= 0.3 is 0 Å². The molecule has 0 saturated heterocycles. The monoisotopic (exact) mass is 405 g/mol. The number of halogens is 1. The normalized spacial score (nSPS) is 14.4. The van der Waals surface area contributed by atoms with E-state index in [-0.39, 0.29) is 24.0 Å². The number of nitrogens with two attached hydrogens (primary N) is 1. The highest BCUT2D eigenvalue weighted by molar-refractivity contribution is 14.0. The summed E-state index contributed by atoms with van der Waals surface area (Å²) in [5.74, 6) is 2.07. The minimum absolute atomic E-state index is 0. The van der Waals surface area contributed by atoms with E-state index in [1.807, 2.05) is 24.3 Å². The molecule has 1 aliphatic carbocycles. The molecule has 1 aromatic carbocycles. The van der Waals surface area contributed by atoms with Gasteiger partial charge in [0, 0.05) is 25.4 Å². The van der Waals surface area contributed by atoms with Gasteiger partial charge in [0.05, 0.1) is 7.11 Å². The van der Waals surface area contributed by atoms with Crippen molar-refractivity contribution in [2.45, 2.75) is 19.3 Å². The van der Waals surface area contributed by atoms with Gasteiger partial charge in [0.15, 0.2) is 5.96 Å². The quantitative estimate of drug-likeness (QED) is 0.302. The standard InChI is InChI=1S/C15H23N3O2.HI/c1-19-14-7-5-13(6-8-14)18-15(16)17-9-2-10-20-11-12-3-4-12;/h5-8,12H,2-4,9-11H2,1H3,(H3,16,17,18);1H. The molecule has 5 nitrogen and oxygen atoms in total. The van der Waals surface area contributed by atoms with E-state index in [0.29, 0.717) is 12.5 Å². The van der Waals surface area contributed by atoms with Crippen molar-refractivity contribution in [1.82, 2.24) is 0 Å². The lowest BCUT2D eigenvalue weighted by atomic mass is 10.3. The Morgan fingerprint density at radius 1 is 1.33 bits per heavy atom. The molecular formula is C15H24IN3O2. The molecule has 6 heteroatoms. The van der Waals surface area contributed by atoms with E-state index in [1.54, 1.807) is 7.11 Å². The zero-order valence-corrected chi connectivity index (χ0v) is 14.7. The number of anilines is 1. The second kappa shape index (κ2) is 9.83. The highest BCUT2D eigenvalue weighted by Crippen LogP contribution is 2.28. The average Bonchev–Trinajstić information content (AvgIpc) is 3.27. The zero-order chi connectivity index (χ0) is 14.2. The molecule has 1 aromatic rings. The summed E-state index contributed by atoms with van der Waals surface area (Å²) in [6.07, 6.45) is 3.56. The Bertz CT molecular complexity index is 433. The first-order valence-electron chi connectivity index (χ1n) is 7.06. The summed E-state index contributed by atoms with van der Waals surface area (Å²) in [5, 5.41) is 3.04. The van der Waals surface area contributed by atoms with Gasteiger partial charge in [-0.2, -0.15) is 0 Å². The molecule has 21 heavy (non-hydrogen) atoms. The van der Waals surface area contributed by atoms with Crippen LogP contribution in [0, 0.1) is 5.92 Å². The summed E-state index contributed by atoms with van der Waals surface area (Å²) in [6, 6.07) is 7.56. The van der Waals surface area contributed by atoms with Crippen LogP contribution in [0.3, 0.4) is 0 Å². The number of aliphatic imine (C=N–C) groups is 1. The number of nitrogens with one attached hydrogen (secondary N) is 1. The molecule has 0 unspecified atom stereocenters. The molecule has 0 heterocycles. The fourth-order valence-electron chi connectivity index (χ4n) is 1.76. The van der Waals surface area contributed by atoms with Gasteiger partial charge in [0.25, 0.3) is 0 Å². The molecule has 0 radical (unpaired) electrons. The van der Waals surface area contributed by atoms with Crippen LogP contribution < -0.4 is 15.8 Å². The van der Waals surface area contributed by atoms with Crippen LogP contribution in [0.5, 0.6) is 5.75 Å². The van der Waals surface area contributed by atoms with Gasteiger partial charge in [0.2, 0.25) is 0 Å². The molecule has 1 fully saturated rings. The van der Waals surface area contributed by atoms with Crippen LogP contribution in [-0.2, 0) is 4.74 Å². The molecule has 0 amide bonds. The van der Waals surface area contributed by atoms with Crippen molar-refractivity contribution in [2.75, 3.05) is 32.2 Å². The smallest absolute Gasteiger partial charge is 0.193 e. The average molecular weight is 405 g/mol. The Labute approximate surface area is 143 Å². The van der Waals surface area contributed by atoms with Crippen LogP contribution in [0.2, 0.25) is 0 Å². The van der Waals surface area contributed by atoms with Crippen molar-refractivity contribution in [3.05, 3.63) is 24.3 Å². The number of nitrogens with zero attached hydrogens (tertiary/aromatic N) is 1. The molecule has 0 bridgehead atoms. The molecule has 0 atom stereocenters. The van der Waals surface area contributed by atoms with Crippen LogP contribution in [0.1, 0.15) is 19.3 Å². The summed E-state index contributed by atoms with van der Waals surface area (Å²) >= 11 is 0. The van der Waals surface area contributed by atoms with Gasteiger partial charge < -0.3 is 20.5 Å². The van der Waals surface area contributed by atoms with Gasteiger partial charge in [-0.3, -0.25) is 4.99 Å². The van der Waals surface area contributed by atoms with Crippen molar-refractivity contribution >= 4 is 35.6 Å². The summed E-state index contributed by atoms with van der Waals surface area (Å²) in [6.45, 7) is 2.35. The second-order valence-corrected chi connectivity index (χ2v) is 4.99. The van der Waals surface area contributed by atoms with Gasteiger partial charge in [-0.05, 0) is 49.4 Å². The first kappa shape index (κ1) is 18.0. The van der Waals surface area contributed by atoms with Crippen LogP contribution in [0.15, 0.2) is 29.3 Å². The summed E-state index contributed by atoms with van der Waals surface area (Å²) in [4.78, 5) is 4.27. The van der Waals surface area contributed by atoms with Gasteiger partial charge in [-0.15, -0.1) is 24.0 Å². The van der Waals surface area contributed by atoms with Crippen molar-refractivity contribution in [2.24, 2.45) is 16.6 Å². The minimum Gasteiger partial charge on any atom is -0.497 e. The fraction of sp³-hybridized carbons (Fsp3) is 0.533. The number of rotatable bonds is 8. The van der Waals surface area contributed by atoms with Crippen molar-refractivity contribution in [3.8, 4) is 5.75 Å². The van der Waals surface area contributed by atoms with Crippen molar-refractivity contribution in [1.29, 1.82) is 0 Å². The van der Waals surface area contributed by atoms with E-state index < -0.39 is 0 Å². The first-order chi connectivity index (χ1) is 9.78. The van der Waals surface area contributed by atoms with E-state index in [9.17, 15) is 0 Å². The van der Waals surface area contributed by atoms with Crippen LogP contribution in [-0.4, -0.2) is 32.8 Å². The highest BCUT2D eigenvalue weighted by atomic mass is 127. The Morgan fingerprint density at radius 2 is 2.05 bits per heavy atom. The summed E-state index contributed by atoms with van der Waals surface area (Å²) in [5.41, 5.74) is 6.72. The van der Waals surface area contributed by atoms with Crippen LogP contribution in [0.25, 0.3) is 0 Å². The number of hydrogen-bond donors (Lipinski definition) is 2. The van der Waals surface area contributed by atoms with Gasteiger partial charge in [-0.25, -0.2) is 0 Å². The molecule has 3 N–H and O–H groups in total. The fourth-order valence-corrected chi connectivity index (χ4v) is 1.76. The molecule has 0 aromatic heterocycles. The zero-order valence-electron chi connectivity index (χ0n) is 12.4. The predicted octanol–water partition coefficient (Wildman–Crippen LogP) is 2.86. The largest absolute Gasteiger partial charge is 0.497 e. The van der Waals surface area contributed by atoms with E-state index >= 15 is 0 Å². The Morgan fingerprint density at radius 3 is 2.67 bits per heavy atom. The van der Waals surface area contributed by atoms with Gasteiger partial charge in [-0.1, -0.05) is 0 Å². The van der Waals surface area contributed by atoms with Crippen LogP contribution >= 0.6 is 24.0 Å². The lowest BCUT2D eigenvalue weighted by Gasteiger charge is -2.06. The maximum atomic E-state index is 5.82. The molecule has 118 valence electrons. The Hall–Kier alpha value is -1.02. The lowest BCUT2D eigenvalue weighted by molar-refractivity contribution is 0.123. The number of ether oxygens (including phenoxy) is 2. The molecule has 2 rings (SSSR count). The number of methoxy groups -OCH3 is 1. The lowest BCUT2D eigenvalue weighted by Crippen LogP contribution is -2.23. The van der Waals surface area contributed by atoms with E-state index in [4.69, 9.17) is 15.2 Å². The third-order valence-electron chi connectivity index (χ3n) is 3.14. The first-order valence-corrected chi connectivity index (χ1v) is 7.06. The van der Waals surface area contributed by atoms with Crippen LogP contribution in [0.4, 0.5) is 5.69 Å². The highest BCUT2D eigenvalue weighted by Gasteiger charge is 2.20. The van der Waals surface area contributed by atoms with Gasteiger partial charge in [0.1, 0.15) is 5.75 Å². The number of guanidine groups is 1. The molecule has 0 spiro atoms. The SMILES string of the molecule is COc1ccc(NC(N)=NCCCOCC2CC2)cc1.I. The molecule has 1 aliphatic rings. The minimum atomic E-state index is 0. The van der Waals surface area contributed by atoms with E-state index in [2.05, 4.69) is 10.3 Å². The third kappa shape index (κ3) is 7.52. The summed E-state index contributed by atoms with van der Waals surface area (Å²) in [7, 11) is 1.64. The third-order valence-corrected chi connectivity index (χ3v) is 3.14. The summed E-state index contributed by atoms with van der Waals surface area (Å²) < 4.78 is 10.6. The van der Waals surface area contributed by atoms with E-state index in [0.717, 1.165) is 37.0 Å². The Balaban J connectivity index is 0.00000220. The maximum absolute atomic E-state index is 5.82. The number of benzene rings is 1. The second-order valence-electron chi connectivity index (χ2n) is 4.99.